The molecule has 2 rings (SSSR count). The van der Waals surface area contributed by atoms with Crippen LogP contribution in [0, 0.1) is 0 Å². The van der Waals surface area contributed by atoms with Crippen molar-refractivity contribution in [1.29, 1.82) is 0 Å². The number of piperazine rings is 1. The lowest BCUT2D eigenvalue weighted by Crippen LogP contribution is -2.47. The van der Waals surface area contributed by atoms with Crippen LogP contribution in [-0.4, -0.2) is 61.7 Å². The van der Waals surface area contributed by atoms with E-state index in [1.54, 1.807) is 6.33 Å². The summed E-state index contributed by atoms with van der Waals surface area (Å²) in [5, 5.41) is 0. The van der Waals surface area contributed by atoms with Crippen molar-refractivity contribution in [1.82, 2.24) is 14.9 Å². The van der Waals surface area contributed by atoms with Crippen molar-refractivity contribution in [3.63, 3.8) is 0 Å². The molecule has 1 saturated heterocycles. The van der Waals surface area contributed by atoms with Gasteiger partial charge in [-0.15, -0.1) is 0 Å². The van der Waals surface area contributed by atoms with Gasteiger partial charge >= 0.3 is 0 Å². The number of rotatable bonds is 4. The number of halogens is 1. The number of hydrogen-bond donors (Lipinski definition) is 0. The molecule has 0 aromatic carbocycles. The Balaban J connectivity index is 1.97. The molecule has 0 spiro atoms. The van der Waals surface area contributed by atoms with Gasteiger partial charge in [-0.1, -0.05) is 22.5 Å². The minimum absolute atomic E-state index is 0.917. The van der Waals surface area contributed by atoms with Gasteiger partial charge in [0.15, 0.2) is 0 Å². The summed E-state index contributed by atoms with van der Waals surface area (Å²) in [4.78, 5) is 15.3. The molecule has 0 radical (unpaired) electrons. The Kier molecular flexibility index (Phi) is 4.76. The van der Waals surface area contributed by atoms with Gasteiger partial charge in [0.1, 0.15) is 18.0 Å². The highest BCUT2D eigenvalue weighted by molar-refractivity contribution is 9.11. The largest absolute Gasteiger partial charge is 0.363 e. The highest BCUT2D eigenvalue weighted by Gasteiger charge is 2.18. The predicted octanol–water partition coefficient (Wildman–Crippen LogP) is 1.57. The first-order valence-electron chi connectivity index (χ1n) is 6.36. The first-order chi connectivity index (χ1) is 9.06. The molecule has 1 aliphatic rings. The van der Waals surface area contributed by atoms with Crippen LogP contribution >= 0.6 is 15.9 Å². The van der Waals surface area contributed by atoms with E-state index in [0.717, 1.165) is 48.8 Å². The normalized spacial score (nSPS) is 16.5. The summed E-state index contributed by atoms with van der Waals surface area (Å²) in [6.07, 6.45) is 1.64. The quantitative estimate of drug-likeness (QED) is 0.839. The second-order valence-corrected chi connectivity index (χ2v) is 6.03. The Morgan fingerprint density at radius 2 is 2.00 bits per heavy atom. The Bertz CT molecular complexity index is 440. The second-order valence-electron chi connectivity index (χ2n) is 4.91. The van der Waals surface area contributed by atoms with Crippen LogP contribution in [0.1, 0.15) is 0 Å². The zero-order valence-corrected chi connectivity index (χ0v) is 13.1. The van der Waals surface area contributed by atoms with Gasteiger partial charge in [0.2, 0.25) is 0 Å². The first kappa shape index (κ1) is 14.3. The molecule has 0 atom stereocenters. The van der Waals surface area contributed by atoms with Crippen molar-refractivity contribution in [2.24, 2.45) is 0 Å². The van der Waals surface area contributed by atoms with E-state index in [1.807, 2.05) is 25.1 Å². The van der Waals surface area contributed by atoms with Gasteiger partial charge in [-0.05, 0) is 0 Å². The van der Waals surface area contributed by atoms with E-state index < -0.39 is 0 Å². The molecule has 6 heteroatoms. The predicted molar refractivity (Wildman–Crippen MR) is 83.1 cm³/mol. The lowest BCUT2D eigenvalue weighted by atomic mass is 10.3. The number of aromatic nitrogens is 2. The average molecular weight is 326 g/mol. The molecule has 1 aliphatic heterocycles. The average Bonchev–Trinajstić information content (AvgIpc) is 2.39. The monoisotopic (exact) mass is 325 g/mol. The molecule has 19 heavy (non-hydrogen) atoms. The SMILES string of the molecule is C=C(Br)CN1CCN(c2cc(N(C)C)ncn2)CC1. The molecular formula is C13H20BrN5. The number of nitrogens with zero attached hydrogens (tertiary/aromatic N) is 5. The maximum absolute atomic E-state index is 4.37. The smallest absolute Gasteiger partial charge is 0.134 e. The molecule has 2 heterocycles. The second kappa shape index (κ2) is 6.34. The van der Waals surface area contributed by atoms with Gasteiger partial charge < -0.3 is 9.80 Å². The first-order valence-corrected chi connectivity index (χ1v) is 7.15. The van der Waals surface area contributed by atoms with E-state index in [9.17, 15) is 0 Å². The van der Waals surface area contributed by atoms with Gasteiger partial charge in [0, 0.05) is 57.4 Å². The third-order valence-electron chi connectivity index (χ3n) is 3.19. The number of anilines is 2. The van der Waals surface area contributed by atoms with Crippen molar-refractivity contribution in [2.45, 2.75) is 0 Å². The van der Waals surface area contributed by atoms with E-state index in [4.69, 9.17) is 0 Å². The standard InChI is InChI=1S/C13H20BrN5/c1-11(14)9-18-4-6-19(7-5-18)13-8-12(17(2)3)15-10-16-13/h8,10H,1,4-7,9H2,2-3H3. The summed E-state index contributed by atoms with van der Waals surface area (Å²) in [7, 11) is 3.98. The fourth-order valence-corrected chi connectivity index (χ4v) is 2.49. The maximum Gasteiger partial charge on any atom is 0.134 e. The number of hydrogen-bond acceptors (Lipinski definition) is 5. The van der Waals surface area contributed by atoms with Crippen molar-refractivity contribution < 1.29 is 0 Å². The molecule has 1 aromatic rings. The van der Waals surface area contributed by atoms with Crippen LogP contribution in [0.25, 0.3) is 0 Å². The van der Waals surface area contributed by atoms with E-state index in [1.165, 1.54) is 0 Å². The van der Waals surface area contributed by atoms with Crippen LogP contribution in [0.4, 0.5) is 11.6 Å². The lowest BCUT2D eigenvalue weighted by Gasteiger charge is -2.35. The van der Waals surface area contributed by atoms with Crippen molar-refractivity contribution in [3.8, 4) is 0 Å². The van der Waals surface area contributed by atoms with Crippen LogP contribution in [0.2, 0.25) is 0 Å². The third kappa shape index (κ3) is 3.91. The van der Waals surface area contributed by atoms with Crippen LogP contribution in [0.5, 0.6) is 0 Å². The van der Waals surface area contributed by atoms with Gasteiger partial charge in [0.25, 0.3) is 0 Å². The van der Waals surface area contributed by atoms with Gasteiger partial charge in [-0.25, -0.2) is 9.97 Å². The molecular weight excluding hydrogens is 306 g/mol. The van der Waals surface area contributed by atoms with Gasteiger partial charge in [-0.2, -0.15) is 0 Å². The molecule has 0 aliphatic carbocycles. The molecule has 5 nitrogen and oxygen atoms in total. The summed E-state index contributed by atoms with van der Waals surface area (Å²) in [5.74, 6) is 1.96. The fraction of sp³-hybridized carbons (Fsp3) is 0.538. The highest BCUT2D eigenvalue weighted by atomic mass is 79.9. The van der Waals surface area contributed by atoms with E-state index in [-0.39, 0.29) is 0 Å². The van der Waals surface area contributed by atoms with Gasteiger partial charge in [0.05, 0.1) is 0 Å². The fourth-order valence-electron chi connectivity index (χ4n) is 2.13. The minimum atomic E-state index is 0.917. The zero-order valence-electron chi connectivity index (χ0n) is 11.5. The maximum atomic E-state index is 4.37. The van der Waals surface area contributed by atoms with Crippen molar-refractivity contribution in [2.75, 3.05) is 56.6 Å². The summed E-state index contributed by atoms with van der Waals surface area (Å²) in [6, 6.07) is 2.04. The molecule has 0 saturated carbocycles. The van der Waals surface area contributed by atoms with E-state index in [2.05, 4.69) is 42.3 Å². The van der Waals surface area contributed by atoms with Crippen LogP contribution in [0.3, 0.4) is 0 Å². The topological polar surface area (TPSA) is 35.5 Å². The van der Waals surface area contributed by atoms with Crippen LogP contribution < -0.4 is 9.80 Å². The zero-order chi connectivity index (χ0) is 13.8. The summed E-state index contributed by atoms with van der Waals surface area (Å²) >= 11 is 3.42. The van der Waals surface area contributed by atoms with Crippen LogP contribution in [0.15, 0.2) is 23.5 Å². The Morgan fingerprint density at radius 3 is 2.58 bits per heavy atom. The molecule has 1 fully saturated rings. The van der Waals surface area contributed by atoms with E-state index in [0.29, 0.717) is 0 Å². The Labute approximate surface area is 123 Å². The third-order valence-corrected chi connectivity index (χ3v) is 3.44. The lowest BCUT2D eigenvalue weighted by molar-refractivity contribution is 0.282. The summed E-state index contributed by atoms with van der Waals surface area (Å²) < 4.78 is 1.04. The Morgan fingerprint density at radius 1 is 1.32 bits per heavy atom. The molecule has 0 amide bonds. The Hall–Kier alpha value is -1.14. The minimum Gasteiger partial charge on any atom is -0.363 e. The van der Waals surface area contributed by atoms with E-state index >= 15 is 0 Å². The summed E-state index contributed by atoms with van der Waals surface area (Å²) in [6.45, 7) is 8.86. The van der Waals surface area contributed by atoms with Gasteiger partial charge in [-0.3, -0.25) is 4.90 Å². The summed E-state index contributed by atoms with van der Waals surface area (Å²) in [5.41, 5.74) is 0. The molecule has 0 bridgehead atoms. The molecule has 1 aromatic heterocycles. The van der Waals surface area contributed by atoms with Crippen LogP contribution in [-0.2, 0) is 0 Å². The van der Waals surface area contributed by atoms with Crippen molar-refractivity contribution in [3.05, 3.63) is 23.5 Å². The molecule has 0 N–H and O–H groups in total. The molecule has 104 valence electrons. The highest BCUT2D eigenvalue weighted by Crippen LogP contribution is 2.18. The molecule has 0 unspecified atom stereocenters. The van der Waals surface area contributed by atoms with Crippen molar-refractivity contribution >= 4 is 27.6 Å².